The molecule has 2 aromatic rings. The van der Waals surface area contributed by atoms with E-state index in [9.17, 15) is 9.90 Å². The van der Waals surface area contributed by atoms with Crippen LogP contribution in [0.2, 0.25) is 5.02 Å². The number of nitrogens with zero attached hydrogens (tertiary/aromatic N) is 1. The fraction of sp³-hybridized carbons (Fsp3) is 0.320. The van der Waals surface area contributed by atoms with Gasteiger partial charge in [0.2, 0.25) is 6.79 Å². The van der Waals surface area contributed by atoms with Crippen molar-refractivity contribution in [2.45, 2.75) is 37.1 Å². The van der Waals surface area contributed by atoms with E-state index in [4.69, 9.17) is 25.8 Å². The second kappa shape index (κ2) is 7.66. The Morgan fingerprint density at radius 2 is 2.06 bits per heavy atom. The Hall–Kier alpha value is -2.80. The summed E-state index contributed by atoms with van der Waals surface area (Å²) in [5.74, 6) is 0.774. The van der Waals surface area contributed by atoms with Crippen molar-refractivity contribution in [2.24, 2.45) is 0 Å². The van der Waals surface area contributed by atoms with E-state index in [0.717, 1.165) is 42.0 Å². The molecule has 0 saturated carbocycles. The van der Waals surface area contributed by atoms with Crippen LogP contribution in [0.15, 0.2) is 54.1 Å². The number of aliphatic hydroxyl groups is 1. The smallest absolute Gasteiger partial charge is 0.331 e. The summed E-state index contributed by atoms with van der Waals surface area (Å²) in [7, 11) is 0. The van der Waals surface area contributed by atoms with Crippen molar-refractivity contribution >= 4 is 23.6 Å². The van der Waals surface area contributed by atoms with E-state index in [0.29, 0.717) is 10.8 Å². The maximum absolute atomic E-state index is 12.7. The van der Waals surface area contributed by atoms with Gasteiger partial charge in [0.1, 0.15) is 12.2 Å². The predicted molar refractivity (Wildman–Crippen MR) is 119 cm³/mol. The molecule has 3 aliphatic heterocycles. The zero-order valence-electron chi connectivity index (χ0n) is 17.2. The van der Waals surface area contributed by atoms with Crippen molar-refractivity contribution in [1.82, 2.24) is 4.90 Å². The molecule has 1 N–H and O–H groups in total. The van der Waals surface area contributed by atoms with Crippen molar-refractivity contribution in [2.75, 3.05) is 13.3 Å². The Labute approximate surface area is 190 Å². The molecule has 164 valence electrons. The maximum atomic E-state index is 12.7. The van der Waals surface area contributed by atoms with Gasteiger partial charge >= 0.3 is 5.97 Å². The third-order valence-corrected chi connectivity index (χ3v) is 6.99. The van der Waals surface area contributed by atoms with E-state index < -0.39 is 18.2 Å². The van der Waals surface area contributed by atoms with Gasteiger partial charge in [0.05, 0.1) is 0 Å². The highest BCUT2D eigenvalue weighted by Crippen LogP contribution is 2.50. The van der Waals surface area contributed by atoms with E-state index in [-0.39, 0.29) is 18.8 Å². The van der Waals surface area contributed by atoms with E-state index in [1.54, 1.807) is 18.2 Å². The fourth-order valence-electron chi connectivity index (χ4n) is 5.42. The molecule has 2 unspecified atom stereocenters. The summed E-state index contributed by atoms with van der Waals surface area (Å²) in [5.41, 5.74) is 4.20. The molecule has 7 heteroatoms. The van der Waals surface area contributed by atoms with Crippen LogP contribution < -0.4 is 9.47 Å². The molecule has 0 bridgehead atoms. The Balaban J connectivity index is 1.33. The highest BCUT2D eigenvalue weighted by Gasteiger charge is 2.50. The first kappa shape index (κ1) is 19.9. The van der Waals surface area contributed by atoms with Gasteiger partial charge < -0.3 is 19.3 Å². The zero-order chi connectivity index (χ0) is 21.8. The molecule has 0 spiro atoms. The topological polar surface area (TPSA) is 68.2 Å². The van der Waals surface area contributed by atoms with Gasteiger partial charge in [-0.3, -0.25) is 4.90 Å². The molecular formula is C25H22ClNO5. The SMILES string of the molecule is O=C(/C=C/c1cccc(Cl)c1)O[C@H]1C2c3cc4c(cc3CN3CCC(=C[C@@H]1O)C23)OCO4. The lowest BCUT2D eigenvalue weighted by Crippen LogP contribution is -2.51. The van der Waals surface area contributed by atoms with Crippen molar-refractivity contribution in [1.29, 1.82) is 0 Å². The Morgan fingerprint density at radius 1 is 1.22 bits per heavy atom. The van der Waals surface area contributed by atoms with Crippen LogP contribution in [0.5, 0.6) is 11.5 Å². The summed E-state index contributed by atoms with van der Waals surface area (Å²) in [4.78, 5) is 15.1. The monoisotopic (exact) mass is 451 g/mol. The number of rotatable bonds is 3. The molecule has 6 nitrogen and oxygen atoms in total. The number of hydrogen-bond donors (Lipinski definition) is 1. The number of esters is 1. The van der Waals surface area contributed by atoms with Gasteiger partial charge in [-0.25, -0.2) is 4.79 Å². The average Bonchev–Trinajstić information content (AvgIpc) is 3.40. The lowest BCUT2D eigenvalue weighted by Gasteiger charge is -2.45. The maximum Gasteiger partial charge on any atom is 0.331 e. The van der Waals surface area contributed by atoms with Crippen molar-refractivity contribution in [3.8, 4) is 11.5 Å². The standard InChI is InChI=1S/C25H22ClNO5/c26-17-3-1-2-14(8-17)4-5-22(29)32-25-19(28)9-15-6-7-27-12-16-10-20-21(31-13-30-20)11-18(16)23(25)24(15)27/h1-5,8-11,19,23-25,28H,6-7,12-13H2/b5-4+/t19-,23?,24?,25+/m0/s1. The number of hydrogen-bond acceptors (Lipinski definition) is 6. The number of ether oxygens (including phenoxy) is 3. The first-order valence-corrected chi connectivity index (χ1v) is 11.1. The molecule has 0 aromatic heterocycles. The van der Waals surface area contributed by atoms with Crippen LogP contribution >= 0.6 is 11.6 Å². The van der Waals surface area contributed by atoms with Gasteiger partial charge in [-0.1, -0.05) is 35.4 Å². The summed E-state index contributed by atoms with van der Waals surface area (Å²) in [6.45, 7) is 1.93. The van der Waals surface area contributed by atoms with Gasteiger partial charge in [0.25, 0.3) is 0 Å². The summed E-state index contributed by atoms with van der Waals surface area (Å²) in [6, 6.07) is 11.4. The van der Waals surface area contributed by atoms with E-state index in [2.05, 4.69) is 4.90 Å². The number of carbonyl (C=O) groups is 1. The number of halogens is 1. The second-order valence-electron chi connectivity index (χ2n) is 8.62. The van der Waals surface area contributed by atoms with Crippen molar-refractivity contribution in [3.05, 3.63) is 75.8 Å². The van der Waals surface area contributed by atoms with Crippen LogP contribution in [0.1, 0.15) is 29.0 Å². The lowest BCUT2D eigenvalue weighted by molar-refractivity contribution is -0.150. The van der Waals surface area contributed by atoms with Crippen LogP contribution in [-0.4, -0.2) is 47.6 Å². The fourth-order valence-corrected chi connectivity index (χ4v) is 5.62. The minimum Gasteiger partial charge on any atom is -0.455 e. The molecule has 2 aromatic carbocycles. The molecule has 1 saturated heterocycles. The summed E-state index contributed by atoms with van der Waals surface area (Å²) >= 11 is 6.02. The molecule has 4 atom stereocenters. The summed E-state index contributed by atoms with van der Waals surface area (Å²) in [5, 5.41) is 11.5. The lowest BCUT2D eigenvalue weighted by atomic mass is 9.73. The van der Waals surface area contributed by atoms with Crippen LogP contribution in [0, 0.1) is 0 Å². The molecule has 1 fully saturated rings. The summed E-state index contributed by atoms with van der Waals surface area (Å²) < 4.78 is 17.1. The van der Waals surface area contributed by atoms with Crippen LogP contribution in [-0.2, 0) is 16.1 Å². The average molecular weight is 452 g/mol. The minimum atomic E-state index is -0.869. The number of carbonyl (C=O) groups excluding carboxylic acids is 1. The third-order valence-electron chi connectivity index (χ3n) is 6.76. The Morgan fingerprint density at radius 3 is 2.91 bits per heavy atom. The zero-order valence-corrected chi connectivity index (χ0v) is 18.0. The van der Waals surface area contributed by atoms with Gasteiger partial charge in [-0.2, -0.15) is 0 Å². The largest absolute Gasteiger partial charge is 0.455 e. The highest BCUT2D eigenvalue weighted by molar-refractivity contribution is 6.30. The van der Waals surface area contributed by atoms with E-state index >= 15 is 0 Å². The van der Waals surface area contributed by atoms with E-state index in [1.807, 2.05) is 30.3 Å². The Bertz CT molecular complexity index is 1160. The van der Waals surface area contributed by atoms with Gasteiger partial charge in [-0.05, 0) is 53.5 Å². The first-order valence-electron chi connectivity index (χ1n) is 10.8. The molecular weight excluding hydrogens is 430 g/mol. The second-order valence-corrected chi connectivity index (χ2v) is 9.05. The third kappa shape index (κ3) is 3.30. The van der Waals surface area contributed by atoms with Crippen molar-refractivity contribution in [3.63, 3.8) is 0 Å². The Kier molecular flexibility index (Phi) is 4.75. The number of benzene rings is 2. The van der Waals surface area contributed by atoms with Gasteiger partial charge in [0.15, 0.2) is 11.5 Å². The number of fused-ring (bicyclic) bond motifs is 3. The van der Waals surface area contributed by atoms with Gasteiger partial charge in [-0.15, -0.1) is 0 Å². The molecule has 32 heavy (non-hydrogen) atoms. The van der Waals surface area contributed by atoms with Gasteiger partial charge in [0, 0.05) is 36.1 Å². The molecule has 4 aliphatic rings. The predicted octanol–water partition coefficient (Wildman–Crippen LogP) is 3.67. The normalized spacial score (nSPS) is 27.8. The number of aliphatic hydroxyl groups excluding tert-OH is 1. The molecule has 3 heterocycles. The minimum absolute atomic E-state index is 0.112. The van der Waals surface area contributed by atoms with Crippen LogP contribution in [0.25, 0.3) is 6.08 Å². The van der Waals surface area contributed by atoms with Crippen LogP contribution in [0.3, 0.4) is 0 Å². The molecule has 0 radical (unpaired) electrons. The van der Waals surface area contributed by atoms with E-state index in [1.165, 1.54) is 11.6 Å². The highest BCUT2D eigenvalue weighted by atomic mass is 35.5. The quantitative estimate of drug-likeness (QED) is 0.436. The first-order chi connectivity index (χ1) is 15.6. The molecule has 0 amide bonds. The molecule has 6 rings (SSSR count). The molecule has 1 aliphatic carbocycles. The van der Waals surface area contributed by atoms with Crippen molar-refractivity contribution < 1.29 is 24.1 Å². The summed E-state index contributed by atoms with van der Waals surface area (Å²) in [6.07, 6.45) is 4.27. The van der Waals surface area contributed by atoms with Crippen LogP contribution in [0.4, 0.5) is 0 Å².